The van der Waals surface area contributed by atoms with E-state index in [9.17, 15) is 4.79 Å². The molecular formula is C13H16BrNO. The Kier molecular flexibility index (Phi) is 5.86. The largest absolute Gasteiger partial charge is 0.340 e. The van der Waals surface area contributed by atoms with Gasteiger partial charge in [0.05, 0.1) is 0 Å². The van der Waals surface area contributed by atoms with Crippen molar-refractivity contribution < 1.29 is 4.79 Å². The molecule has 0 aliphatic heterocycles. The summed E-state index contributed by atoms with van der Waals surface area (Å²) in [6.07, 6.45) is 5.34. The van der Waals surface area contributed by atoms with Crippen LogP contribution in [0.2, 0.25) is 0 Å². The number of amides is 1. The maximum atomic E-state index is 11.3. The summed E-state index contributed by atoms with van der Waals surface area (Å²) < 4.78 is 0. The molecule has 2 nitrogen and oxygen atoms in total. The van der Waals surface area contributed by atoms with Crippen LogP contribution in [-0.2, 0) is 4.79 Å². The van der Waals surface area contributed by atoms with Gasteiger partial charge < -0.3 is 5.32 Å². The Morgan fingerprint density at radius 2 is 2.12 bits per heavy atom. The van der Waals surface area contributed by atoms with E-state index in [4.69, 9.17) is 0 Å². The van der Waals surface area contributed by atoms with Crippen molar-refractivity contribution in [1.29, 1.82) is 0 Å². The zero-order chi connectivity index (χ0) is 11.8. The SMILES string of the molecule is CCCC(=O)NC(Br)/C=C/c1ccccc1. The zero-order valence-corrected chi connectivity index (χ0v) is 10.9. The fourth-order valence-electron chi connectivity index (χ4n) is 1.26. The second-order valence-corrected chi connectivity index (χ2v) is 4.48. The molecule has 0 spiro atoms. The number of rotatable bonds is 5. The smallest absolute Gasteiger partial charge is 0.221 e. The van der Waals surface area contributed by atoms with Crippen molar-refractivity contribution in [2.45, 2.75) is 24.7 Å². The fourth-order valence-corrected chi connectivity index (χ4v) is 1.67. The van der Waals surface area contributed by atoms with E-state index in [1.165, 1.54) is 0 Å². The van der Waals surface area contributed by atoms with E-state index in [-0.39, 0.29) is 10.9 Å². The number of hydrogen-bond acceptors (Lipinski definition) is 1. The molecule has 1 unspecified atom stereocenters. The van der Waals surface area contributed by atoms with Gasteiger partial charge in [0, 0.05) is 6.42 Å². The highest BCUT2D eigenvalue weighted by atomic mass is 79.9. The summed E-state index contributed by atoms with van der Waals surface area (Å²) in [4.78, 5) is 11.2. The molecule has 0 saturated heterocycles. The summed E-state index contributed by atoms with van der Waals surface area (Å²) in [5, 5.41) is 2.84. The standard InChI is InChI=1S/C13H16BrNO/c1-2-6-13(16)15-12(14)10-9-11-7-4-3-5-8-11/h3-5,7-10,12H,2,6H2,1H3,(H,15,16)/b10-9+. The molecule has 1 aromatic rings. The monoisotopic (exact) mass is 281 g/mol. The van der Waals surface area contributed by atoms with E-state index >= 15 is 0 Å². The van der Waals surface area contributed by atoms with E-state index < -0.39 is 0 Å². The van der Waals surface area contributed by atoms with E-state index in [1.54, 1.807) is 0 Å². The van der Waals surface area contributed by atoms with Gasteiger partial charge in [-0.05, 0) is 12.0 Å². The number of carbonyl (C=O) groups excluding carboxylic acids is 1. The molecule has 86 valence electrons. The summed E-state index contributed by atoms with van der Waals surface area (Å²) in [7, 11) is 0. The number of carbonyl (C=O) groups is 1. The Bertz CT molecular complexity index is 348. The van der Waals surface area contributed by atoms with Crippen LogP contribution in [-0.4, -0.2) is 10.9 Å². The van der Waals surface area contributed by atoms with Gasteiger partial charge in [-0.2, -0.15) is 0 Å². The minimum absolute atomic E-state index is 0.0714. The third-order valence-electron chi connectivity index (χ3n) is 2.03. The van der Waals surface area contributed by atoms with Gasteiger partial charge in [0.25, 0.3) is 0 Å². The van der Waals surface area contributed by atoms with Gasteiger partial charge in [0.2, 0.25) is 5.91 Å². The molecule has 0 aliphatic rings. The van der Waals surface area contributed by atoms with Gasteiger partial charge in [0.15, 0.2) is 0 Å². The zero-order valence-electron chi connectivity index (χ0n) is 9.32. The van der Waals surface area contributed by atoms with Gasteiger partial charge in [0.1, 0.15) is 4.95 Å². The van der Waals surface area contributed by atoms with Crippen molar-refractivity contribution in [3.8, 4) is 0 Å². The molecular weight excluding hydrogens is 266 g/mol. The number of alkyl halides is 1. The first-order chi connectivity index (χ1) is 7.72. The van der Waals surface area contributed by atoms with Gasteiger partial charge in [-0.1, -0.05) is 65.3 Å². The van der Waals surface area contributed by atoms with Crippen LogP contribution in [0.3, 0.4) is 0 Å². The minimum atomic E-state index is -0.105. The van der Waals surface area contributed by atoms with Crippen molar-refractivity contribution in [3.05, 3.63) is 42.0 Å². The Labute approximate surface area is 105 Å². The van der Waals surface area contributed by atoms with Crippen LogP contribution in [0.25, 0.3) is 6.08 Å². The van der Waals surface area contributed by atoms with E-state index in [1.807, 2.05) is 49.4 Å². The third-order valence-corrected chi connectivity index (χ3v) is 2.57. The minimum Gasteiger partial charge on any atom is -0.340 e. The average Bonchev–Trinajstić information content (AvgIpc) is 2.28. The lowest BCUT2D eigenvalue weighted by molar-refractivity contribution is -0.121. The van der Waals surface area contributed by atoms with Gasteiger partial charge in [-0.3, -0.25) is 4.79 Å². The molecule has 0 aliphatic carbocycles. The van der Waals surface area contributed by atoms with Crippen molar-refractivity contribution in [3.63, 3.8) is 0 Å². The molecule has 1 rings (SSSR count). The predicted octanol–water partition coefficient (Wildman–Crippen LogP) is 3.34. The van der Waals surface area contributed by atoms with Crippen LogP contribution in [0.1, 0.15) is 25.3 Å². The van der Waals surface area contributed by atoms with E-state index in [0.29, 0.717) is 6.42 Å². The first kappa shape index (κ1) is 13.0. The van der Waals surface area contributed by atoms with E-state index in [0.717, 1.165) is 12.0 Å². The molecule has 0 saturated carbocycles. The van der Waals surface area contributed by atoms with Crippen LogP contribution in [0.5, 0.6) is 0 Å². The van der Waals surface area contributed by atoms with Crippen LogP contribution >= 0.6 is 15.9 Å². The van der Waals surface area contributed by atoms with Crippen LogP contribution < -0.4 is 5.32 Å². The molecule has 3 heteroatoms. The van der Waals surface area contributed by atoms with Crippen molar-refractivity contribution in [2.24, 2.45) is 0 Å². The Balaban J connectivity index is 2.42. The van der Waals surface area contributed by atoms with E-state index in [2.05, 4.69) is 21.2 Å². The molecule has 1 atom stereocenters. The molecule has 0 fully saturated rings. The number of halogens is 1. The summed E-state index contributed by atoms with van der Waals surface area (Å²) in [5.41, 5.74) is 1.12. The summed E-state index contributed by atoms with van der Waals surface area (Å²) in [6, 6.07) is 9.98. The highest BCUT2D eigenvalue weighted by Crippen LogP contribution is 2.05. The van der Waals surface area contributed by atoms with Crippen LogP contribution in [0, 0.1) is 0 Å². The summed E-state index contributed by atoms with van der Waals surface area (Å²) in [6.45, 7) is 1.99. The number of benzene rings is 1. The molecule has 1 aromatic carbocycles. The molecule has 0 bridgehead atoms. The second kappa shape index (κ2) is 7.23. The maximum Gasteiger partial charge on any atom is 0.221 e. The highest BCUT2D eigenvalue weighted by molar-refractivity contribution is 9.09. The normalized spacial score (nSPS) is 12.6. The molecule has 1 N–H and O–H groups in total. The van der Waals surface area contributed by atoms with Crippen LogP contribution in [0.15, 0.2) is 36.4 Å². The molecule has 1 amide bonds. The highest BCUT2D eigenvalue weighted by Gasteiger charge is 2.03. The molecule has 0 radical (unpaired) electrons. The van der Waals surface area contributed by atoms with Crippen LogP contribution in [0.4, 0.5) is 0 Å². The molecule has 0 heterocycles. The molecule has 16 heavy (non-hydrogen) atoms. The topological polar surface area (TPSA) is 29.1 Å². The van der Waals surface area contributed by atoms with Crippen molar-refractivity contribution in [2.75, 3.05) is 0 Å². The third kappa shape index (κ3) is 5.12. The summed E-state index contributed by atoms with van der Waals surface area (Å²) >= 11 is 3.39. The maximum absolute atomic E-state index is 11.3. The van der Waals surface area contributed by atoms with Gasteiger partial charge in [-0.25, -0.2) is 0 Å². The molecule has 0 aromatic heterocycles. The average molecular weight is 282 g/mol. The van der Waals surface area contributed by atoms with Crippen molar-refractivity contribution >= 4 is 27.9 Å². The Hall–Kier alpha value is -1.09. The van der Waals surface area contributed by atoms with Gasteiger partial charge >= 0.3 is 0 Å². The lowest BCUT2D eigenvalue weighted by Gasteiger charge is -2.07. The second-order valence-electron chi connectivity index (χ2n) is 3.49. The summed E-state index contributed by atoms with van der Waals surface area (Å²) in [5.74, 6) is 0.0714. The number of nitrogens with one attached hydrogen (secondary N) is 1. The fraction of sp³-hybridized carbons (Fsp3) is 0.308. The number of hydrogen-bond donors (Lipinski definition) is 1. The Morgan fingerprint density at radius 3 is 2.75 bits per heavy atom. The lowest BCUT2D eigenvalue weighted by atomic mass is 10.2. The first-order valence-corrected chi connectivity index (χ1v) is 6.30. The predicted molar refractivity (Wildman–Crippen MR) is 71.2 cm³/mol. The lowest BCUT2D eigenvalue weighted by Crippen LogP contribution is -2.28. The first-order valence-electron chi connectivity index (χ1n) is 5.39. The quantitative estimate of drug-likeness (QED) is 0.651. The van der Waals surface area contributed by atoms with Gasteiger partial charge in [-0.15, -0.1) is 0 Å². The van der Waals surface area contributed by atoms with Crippen molar-refractivity contribution in [1.82, 2.24) is 5.32 Å². The Morgan fingerprint density at radius 1 is 1.44 bits per heavy atom.